The molecule has 0 bridgehead atoms. The quantitative estimate of drug-likeness (QED) is 0.828. The van der Waals surface area contributed by atoms with Crippen LogP contribution in [0.1, 0.15) is 18.4 Å². The minimum Gasteiger partial charge on any atom is -0.493 e. The molecule has 0 aliphatic carbocycles. The van der Waals surface area contributed by atoms with Crippen molar-refractivity contribution in [2.24, 2.45) is 0 Å². The number of rotatable bonds is 7. The normalized spacial score (nSPS) is 18.1. The second-order valence-electron chi connectivity index (χ2n) is 4.80. The fraction of sp³-hybridized carbons (Fsp3) is 0.600. The molecule has 1 fully saturated rings. The van der Waals surface area contributed by atoms with Crippen LogP contribution in [0.5, 0.6) is 17.2 Å². The molecule has 1 aliphatic rings. The summed E-state index contributed by atoms with van der Waals surface area (Å²) in [6.07, 6.45) is 2.65. The molecular formula is C15H23NO4. The van der Waals surface area contributed by atoms with Crippen LogP contribution in [0.25, 0.3) is 0 Å². The summed E-state index contributed by atoms with van der Waals surface area (Å²) in [5.74, 6) is 1.99. The maximum Gasteiger partial charge on any atom is 0.203 e. The van der Waals surface area contributed by atoms with Crippen molar-refractivity contribution in [1.29, 1.82) is 0 Å². The third-order valence-electron chi connectivity index (χ3n) is 3.45. The Bertz CT molecular complexity index is 405. The Kier molecular flexibility index (Phi) is 5.49. The van der Waals surface area contributed by atoms with E-state index in [4.69, 9.17) is 18.9 Å². The van der Waals surface area contributed by atoms with Gasteiger partial charge >= 0.3 is 0 Å². The van der Waals surface area contributed by atoms with Gasteiger partial charge in [-0.05, 0) is 30.5 Å². The number of benzene rings is 1. The van der Waals surface area contributed by atoms with E-state index in [-0.39, 0.29) is 0 Å². The Labute approximate surface area is 120 Å². The lowest BCUT2D eigenvalue weighted by molar-refractivity contribution is 0.110. The summed E-state index contributed by atoms with van der Waals surface area (Å²) in [6, 6.07) is 3.92. The molecule has 1 saturated heterocycles. The molecular weight excluding hydrogens is 258 g/mol. The zero-order valence-corrected chi connectivity index (χ0v) is 12.4. The van der Waals surface area contributed by atoms with E-state index in [0.29, 0.717) is 23.4 Å². The van der Waals surface area contributed by atoms with E-state index in [1.54, 1.807) is 21.3 Å². The lowest BCUT2D eigenvalue weighted by atomic mass is 10.1. The maximum atomic E-state index is 5.59. The van der Waals surface area contributed by atoms with Gasteiger partial charge in [0.2, 0.25) is 5.75 Å². The van der Waals surface area contributed by atoms with E-state index in [0.717, 1.165) is 38.1 Å². The SMILES string of the molecule is COc1cc(CNCC2CCCO2)cc(OC)c1OC. The van der Waals surface area contributed by atoms with E-state index < -0.39 is 0 Å². The molecule has 1 heterocycles. The van der Waals surface area contributed by atoms with Crippen molar-refractivity contribution < 1.29 is 18.9 Å². The van der Waals surface area contributed by atoms with Crippen LogP contribution in [0, 0.1) is 0 Å². The highest BCUT2D eigenvalue weighted by molar-refractivity contribution is 5.53. The Hall–Kier alpha value is -1.46. The van der Waals surface area contributed by atoms with E-state index in [2.05, 4.69) is 5.32 Å². The van der Waals surface area contributed by atoms with Crippen LogP contribution in [0.4, 0.5) is 0 Å². The predicted molar refractivity (Wildman–Crippen MR) is 76.8 cm³/mol. The minimum absolute atomic E-state index is 0.344. The third kappa shape index (κ3) is 3.55. The highest BCUT2D eigenvalue weighted by atomic mass is 16.5. The summed E-state index contributed by atoms with van der Waals surface area (Å²) < 4.78 is 21.6. The number of nitrogens with one attached hydrogen (secondary N) is 1. The molecule has 1 aromatic carbocycles. The second-order valence-corrected chi connectivity index (χ2v) is 4.80. The molecule has 0 radical (unpaired) electrons. The average Bonchev–Trinajstić information content (AvgIpc) is 2.99. The molecule has 0 spiro atoms. The monoisotopic (exact) mass is 281 g/mol. The van der Waals surface area contributed by atoms with Gasteiger partial charge in [-0.15, -0.1) is 0 Å². The first-order chi connectivity index (χ1) is 9.78. The van der Waals surface area contributed by atoms with Crippen LogP contribution in [0.2, 0.25) is 0 Å². The molecule has 5 nitrogen and oxygen atoms in total. The summed E-state index contributed by atoms with van der Waals surface area (Å²) >= 11 is 0. The van der Waals surface area contributed by atoms with Gasteiger partial charge in [0, 0.05) is 19.7 Å². The summed E-state index contributed by atoms with van der Waals surface area (Å²) in [4.78, 5) is 0. The molecule has 0 saturated carbocycles. The van der Waals surface area contributed by atoms with Crippen molar-refractivity contribution in [1.82, 2.24) is 5.32 Å². The van der Waals surface area contributed by atoms with Crippen molar-refractivity contribution in [3.63, 3.8) is 0 Å². The third-order valence-corrected chi connectivity index (χ3v) is 3.45. The largest absolute Gasteiger partial charge is 0.493 e. The molecule has 1 atom stereocenters. The van der Waals surface area contributed by atoms with Crippen LogP contribution in [-0.4, -0.2) is 40.6 Å². The highest BCUT2D eigenvalue weighted by Gasteiger charge is 2.16. The molecule has 1 aliphatic heterocycles. The number of hydrogen-bond acceptors (Lipinski definition) is 5. The molecule has 1 N–H and O–H groups in total. The van der Waals surface area contributed by atoms with Crippen molar-refractivity contribution >= 4 is 0 Å². The van der Waals surface area contributed by atoms with Gasteiger partial charge in [0.05, 0.1) is 27.4 Å². The van der Waals surface area contributed by atoms with Crippen LogP contribution >= 0.6 is 0 Å². The van der Waals surface area contributed by atoms with Crippen molar-refractivity contribution in [2.75, 3.05) is 34.5 Å². The van der Waals surface area contributed by atoms with E-state index >= 15 is 0 Å². The standard InChI is InChI=1S/C15H23NO4/c1-17-13-7-11(8-14(18-2)15(13)19-3)9-16-10-12-5-4-6-20-12/h7-8,12,16H,4-6,9-10H2,1-3H3. The Morgan fingerprint density at radius 2 is 1.85 bits per heavy atom. The lowest BCUT2D eigenvalue weighted by Crippen LogP contribution is -2.25. The average molecular weight is 281 g/mol. The van der Waals surface area contributed by atoms with Gasteiger partial charge in [-0.2, -0.15) is 0 Å². The highest BCUT2D eigenvalue weighted by Crippen LogP contribution is 2.38. The number of hydrogen-bond donors (Lipinski definition) is 1. The van der Waals surface area contributed by atoms with Crippen LogP contribution in [0.3, 0.4) is 0 Å². The van der Waals surface area contributed by atoms with E-state index in [9.17, 15) is 0 Å². The Morgan fingerprint density at radius 1 is 1.15 bits per heavy atom. The first-order valence-electron chi connectivity index (χ1n) is 6.89. The molecule has 112 valence electrons. The zero-order chi connectivity index (χ0) is 14.4. The topological polar surface area (TPSA) is 49.0 Å². The fourth-order valence-electron chi connectivity index (χ4n) is 2.42. The molecule has 1 unspecified atom stereocenters. The van der Waals surface area contributed by atoms with Gasteiger partial charge in [0.25, 0.3) is 0 Å². The van der Waals surface area contributed by atoms with Gasteiger partial charge < -0.3 is 24.3 Å². The van der Waals surface area contributed by atoms with Crippen LogP contribution in [-0.2, 0) is 11.3 Å². The lowest BCUT2D eigenvalue weighted by Gasteiger charge is -2.15. The zero-order valence-electron chi connectivity index (χ0n) is 12.4. The van der Waals surface area contributed by atoms with Crippen molar-refractivity contribution in [2.45, 2.75) is 25.5 Å². The smallest absolute Gasteiger partial charge is 0.203 e. The first-order valence-corrected chi connectivity index (χ1v) is 6.89. The van der Waals surface area contributed by atoms with Crippen molar-refractivity contribution in [3.8, 4) is 17.2 Å². The van der Waals surface area contributed by atoms with Crippen LogP contribution in [0.15, 0.2) is 12.1 Å². The molecule has 1 aromatic rings. The minimum atomic E-state index is 0.344. The van der Waals surface area contributed by atoms with Gasteiger partial charge in [0.1, 0.15) is 0 Å². The van der Waals surface area contributed by atoms with E-state index in [1.807, 2.05) is 12.1 Å². The van der Waals surface area contributed by atoms with Gasteiger partial charge in [-0.25, -0.2) is 0 Å². The van der Waals surface area contributed by atoms with Crippen molar-refractivity contribution in [3.05, 3.63) is 17.7 Å². The Morgan fingerprint density at radius 3 is 2.35 bits per heavy atom. The summed E-state index contributed by atoms with van der Waals surface area (Å²) in [5.41, 5.74) is 1.09. The molecule has 20 heavy (non-hydrogen) atoms. The summed E-state index contributed by atoms with van der Waals surface area (Å²) in [7, 11) is 4.86. The number of ether oxygens (including phenoxy) is 4. The van der Waals surface area contributed by atoms with E-state index in [1.165, 1.54) is 0 Å². The summed E-state index contributed by atoms with van der Waals surface area (Å²) in [5, 5.41) is 3.41. The summed E-state index contributed by atoms with van der Waals surface area (Å²) in [6.45, 7) is 2.50. The molecule has 5 heteroatoms. The second kappa shape index (κ2) is 7.36. The number of methoxy groups -OCH3 is 3. The van der Waals surface area contributed by atoms with Crippen LogP contribution < -0.4 is 19.5 Å². The first kappa shape index (κ1) is 14.9. The Balaban J connectivity index is 1.99. The molecule has 0 aromatic heterocycles. The van der Waals surface area contributed by atoms with Gasteiger partial charge in [0.15, 0.2) is 11.5 Å². The molecule has 2 rings (SSSR count). The van der Waals surface area contributed by atoms with Gasteiger partial charge in [-0.1, -0.05) is 0 Å². The van der Waals surface area contributed by atoms with Gasteiger partial charge in [-0.3, -0.25) is 0 Å². The maximum absolute atomic E-state index is 5.59. The fourth-order valence-corrected chi connectivity index (χ4v) is 2.42. The predicted octanol–water partition coefficient (Wildman–Crippen LogP) is 1.98. The molecule has 0 amide bonds.